The van der Waals surface area contributed by atoms with Crippen molar-refractivity contribution >= 4 is 0 Å². The molecule has 0 N–H and O–H groups in total. The van der Waals surface area contributed by atoms with Crippen LogP contribution >= 0.6 is 0 Å². The monoisotopic (exact) mass is 408 g/mol. The molecule has 0 heterocycles. The molecule has 1 unspecified atom stereocenters. The van der Waals surface area contributed by atoms with Gasteiger partial charge in [0.2, 0.25) is 0 Å². The van der Waals surface area contributed by atoms with Gasteiger partial charge in [-0.05, 0) is 44.2 Å². The molecule has 0 fully saturated rings. The predicted octanol–water partition coefficient (Wildman–Crippen LogP) is 5.85. The highest BCUT2D eigenvalue weighted by atomic mass is 19.4. The van der Waals surface area contributed by atoms with E-state index in [1.54, 1.807) is 19.1 Å². The molecule has 9 heteroatoms. The van der Waals surface area contributed by atoms with E-state index in [0.717, 1.165) is 5.56 Å². The van der Waals surface area contributed by atoms with Gasteiger partial charge < -0.3 is 14.2 Å². The summed E-state index contributed by atoms with van der Waals surface area (Å²) in [5.41, 5.74) is -1.82. The number of hydrogen-bond acceptors (Lipinski definition) is 3. The Balaban J connectivity index is 1.92. The van der Waals surface area contributed by atoms with Gasteiger partial charge in [-0.1, -0.05) is 17.7 Å². The molecule has 154 valence electrons. The molecule has 28 heavy (non-hydrogen) atoms. The molecule has 0 saturated heterocycles. The highest BCUT2D eigenvalue weighted by molar-refractivity contribution is 5.37. The summed E-state index contributed by atoms with van der Waals surface area (Å²) in [4.78, 5) is 0. The van der Waals surface area contributed by atoms with Crippen LogP contribution in [0.2, 0.25) is 0 Å². The zero-order valence-electron chi connectivity index (χ0n) is 15.0. The Kier molecular flexibility index (Phi) is 6.82. The van der Waals surface area contributed by atoms with Crippen molar-refractivity contribution < 1.29 is 40.6 Å². The van der Waals surface area contributed by atoms with Crippen molar-refractivity contribution in [2.24, 2.45) is 0 Å². The van der Waals surface area contributed by atoms with E-state index in [0.29, 0.717) is 17.9 Å². The van der Waals surface area contributed by atoms with Crippen LogP contribution < -0.4 is 9.47 Å². The van der Waals surface area contributed by atoms with Gasteiger partial charge in [-0.25, -0.2) is 0 Å². The zero-order valence-corrected chi connectivity index (χ0v) is 15.0. The number of halogens is 6. The van der Waals surface area contributed by atoms with Crippen molar-refractivity contribution in [3.8, 4) is 11.5 Å². The molecular formula is C19H18F6O3. The minimum atomic E-state index is -4.92. The van der Waals surface area contributed by atoms with Crippen LogP contribution in [0.1, 0.15) is 23.6 Å². The van der Waals surface area contributed by atoms with E-state index >= 15 is 0 Å². The Bertz CT molecular complexity index is 736. The molecule has 0 aromatic heterocycles. The van der Waals surface area contributed by atoms with Crippen LogP contribution in [0, 0.1) is 6.92 Å². The second-order valence-corrected chi connectivity index (χ2v) is 5.96. The molecule has 0 saturated carbocycles. The molecule has 0 amide bonds. The summed E-state index contributed by atoms with van der Waals surface area (Å²) in [7, 11) is 0. The molecule has 0 aliphatic rings. The minimum Gasteiger partial charge on any atom is -0.491 e. The minimum absolute atomic E-state index is 0.0425. The first kappa shape index (κ1) is 21.9. The normalized spacial score (nSPS) is 13.3. The number of ether oxygens (including phenoxy) is 3. The number of alkyl halides is 6. The second-order valence-electron chi connectivity index (χ2n) is 5.96. The van der Waals surface area contributed by atoms with Crippen LogP contribution in [0.5, 0.6) is 11.5 Å². The summed E-state index contributed by atoms with van der Waals surface area (Å²) in [5, 5.41) is 0. The SMILES string of the molecule is Cc1ccc(OC(C)OCCOc2cc(C(F)(F)F)cc(C(F)(F)F)c2)cc1. The summed E-state index contributed by atoms with van der Waals surface area (Å²) < 4.78 is 92.6. The van der Waals surface area contributed by atoms with E-state index in [1.165, 1.54) is 0 Å². The molecule has 3 nitrogen and oxygen atoms in total. The lowest BCUT2D eigenvalue weighted by atomic mass is 10.1. The van der Waals surface area contributed by atoms with Gasteiger partial charge >= 0.3 is 12.4 Å². The summed E-state index contributed by atoms with van der Waals surface area (Å²) in [6.07, 6.45) is -10.5. The highest BCUT2D eigenvalue weighted by Gasteiger charge is 2.37. The van der Waals surface area contributed by atoms with Crippen molar-refractivity contribution in [1.82, 2.24) is 0 Å². The lowest BCUT2D eigenvalue weighted by Gasteiger charge is -2.17. The van der Waals surface area contributed by atoms with Crippen molar-refractivity contribution in [2.75, 3.05) is 13.2 Å². The summed E-state index contributed by atoms with van der Waals surface area (Å²) in [5.74, 6) is 0.0181. The fraction of sp³-hybridized carbons (Fsp3) is 0.368. The van der Waals surface area contributed by atoms with Crippen LogP contribution in [-0.4, -0.2) is 19.5 Å². The third-order valence-electron chi connectivity index (χ3n) is 3.59. The van der Waals surface area contributed by atoms with E-state index in [-0.39, 0.29) is 19.3 Å². The van der Waals surface area contributed by atoms with E-state index in [2.05, 4.69) is 0 Å². The largest absolute Gasteiger partial charge is 0.491 e. The fourth-order valence-electron chi connectivity index (χ4n) is 2.23. The lowest BCUT2D eigenvalue weighted by Crippen LogP contribution is -2.20. The highest BCUT2D eigenvalue weighted by Crippen LogP contribution is 2.38. The molecule has 0 spiro atoms. The van der Waals surface area contributed by atoms with Gasteiger partial charge in [-0.2, -0.15) is 26.3 Å². The van der Waals surface area contributed by atoms with Crippen LogP contribution in [0.3, 0.4) is 0 Å². The number of hydrogen-bond donors (Lipinski definition) is 0. The molecule has 2 aromatic rings. The summed E-state index contributed by atoms with van der Waals surface area (Å²) in [6, 6.07) is 8.25. The Hall–Kier alpha value is -2.42. The molecule has 2 aromatic carbocycles. The fourth-order valence-corrected chi connectivity index (χ4v) is 2.23. The maximum absolute atomic E-state index is 12.8. The second kappa shape index (κ2) is 8.72. The van der Waals surface area contributed by atoms with Gasteiger partial charge in [0.1, 0.15) is 18.1 Å². The Morgan fingerprint density at radius 2 is 1.32 bits per heavy atom. The first-order valence-corrected chi connectivity index (χ1v) is 8.22. The van der Waals surface area contributed by atoms with Crippen LogP contribution in [0.15, 0.2) is 42.5 Å². The zero-order chi connectivity index (χ0) is 20.9. The molecule has 0 aliphatic carbocycles. The maximum Gasteiger partial charge on any atom is 0.416 e. The van der Waals surface area contributed by atoms with Crippen LogP contribution in [0.25, 0.3) is 0 Å². The van der Waals surface area contributed by atoms with Crippen molar-refractivity contribution in [2.45, 2.75) is 32.5 Å². The lowest BCUT2D eigenvalue weighted by molar-refractivity contribution is -0.143. The van der Waals surface area contributed by atoms with Gasteiger partial charge in [0, 0.05) is 0 Å². The maximum atomic E-state index is 12.8. The van der Waals surface area contributed by atoms with E-state index < -0.39 is 35.5 Å². The number of benzene rings is 2. The molecule has 0 bridgehead atoms. The van der Waals surface area contributed by atoms with Crippen molar-refractivity contribution in [1.29, 1.82) is 0 Å². The van der Waals surface area contributed by atoms with Crippen molar-refractivity contribution in [3.05, 3.63) is 59.2 Å². The first-order chi connectivity index (χ1) is 12.9. The quantitative estimate of drug-likeness (QED) is 0.327. The van der Waals surface area contributed by atoms with E-state index in [9.17, 15) is 26.3 Å². The van der Waals surface area contributed by atoms with Gasteiger partial charge in [0.25, 0.3) is 0 Å². The summed E-state index contributed by atoms with van der Waals surface area (Å²) in [6.45, 7) is 3.18. The molecule has 0 aliphatic heterocycles. The van der Waals surface area contributed by atoms with Crippen molar-refractivity contribution in [3.63, 3.8) is 0 Å². The Morgan fingerprint density at radius 1 is 0.786 bits per heavy atom. The van der Waals surface area contributed by atoms with Gasteiger partial charge in [0.15, 0.2) is 6.29 Å². The third kappa shape index (κ3) is 6.63. The predicted molar refractivity (Wildman–Crippen MR) is 89.2 cm³/mol. The van der Waals surface area contributed by atoms with E-state index in [1.807, 2.05) is 19.1 Å². The smallest absolute Gasteiger partial charge is 0.416 e. The van der Waals surface area contributed by atoms with E-state index in [4.69, 9.17) is 14.2 Å². The van der Waals surface area contributed by atoms with Crippen LogP contribution in [0.4, 0.5) is 26.3 Å². The average Bonchev–Trinajstić information content (AvgIpc) is 2.59. The molecule has 2 rings (SSSR count). The molecular weight excluding hydrogens is 390 g/mol. The molecule has 1 atom stereocenters. The Morgan fingerprint density at radius 3 is 1.82 bits per heavy atom. The third-order valence-corrected chi connectivity index (χ3v) is 3.59. The summed E-state index contributed by atoms with van der Waals surface area (Å²) >= 11 is 0. The topological polar surface area (TPSA) is 27.7 Å². The number of rotatable bonds is 7. The van der Waals surface area contributed by atoms with Gasteiger partial charge in [0.05, 0.1) is 17.7 Å². The van der Waals surface area contributed by atoms with Crippen LogP contribution in [-0.2, 0) is 17.1 Å². The average molecular weight is 408 g/mol. The van der Waals surface area contributed by atoms with Gasteiger partial charge in [-0.3, -0.25) is 0 Å². The van der Waals surface area contributed by atoms with Gasteiger partial charge in [-0.15, -0.1) is 0 Å². The Labute approximate surface area is 157 Å². The molecule has 0 radical (unpaired) electrons. The first-order valence-electron chi connectivity index (χ1n) is 8.22. The standard InChI is InChI=1S/C19H18F6O3/c1-12-3-5-16(6-4-12)28-13(2)26-7-8-27-17-10-14(18(20,21)22)9-15(11-17)19(23,24)25/h3-6,9-11,13H,7-8H2,1-2H3. The number of aryl methyl sites for hydroxylation is 1.